The summed E-state index contributed by atoms with van der Waals surface area (Å²) in [7, 11) is 0. The summed E-state index contributed by atoms with van der Waals surface area (Å²) in [6.07, 6.45) is 7.75. The van der Waals surface area contributed by atoms with Crippen LogP contribution in [-0.4, -0.2) is 59.7 Å². The fourth-order valence-electron chi connectivity index (χ4n) is 5.04. The molecule has 2 fully saturated rings. The average molecular weight is 438 g/mol. The fraction of sp³-hybridized carbons (Fsp3) is 0.440. The second-order valence-electron chi connectivity index (χ2n) is 8.83. The van der Waals surface area contributed by atoms with Crippen LogP contribution < -0.4 is 0 Å². The summed E-state index contributed by atoms with van der Waals surface area (Å²) in [4.78, 5) is 20.2. The first-order valence-corrected chi connectivity index (χ1v) is 11.3. The zero-order valence-corrected chi connectivity index (χ0v) is 18.1. The van der Waals surface area contributed by atoms with E-state index in [2.05, 4.69) is 17.2 Å². The molecule has 0 saturated carbocycles. The molecule has 32 heavy (non-hydrogen) atoms. The van der Waals surface area contributed by atoms with Crippen LogP contribution in [0.4, 0.5) is 4.39 Å². The van der Waals surface area contributed by atoms with E-state index in [1.807, 2.05) is 27.6 Å². The Morgan fingerprint density at radius 3 is 2.88 bits per heavy atom. The second kappa shape index (κ2) is 9.00. The van der Waals surface area contributed by atoms with Crippen LogP contribution in [0.5, 0.6) is 0 Å². The van der Waals surface area contributed by atoms with Gasteiger partial charge in [-0.2, -0.15) is 0 Å². The van der Waals surface area contributed by atoms with Gasteiger partial charge in [-0.15, -0.1) is 0 Å². The van der Waals surface area contributed by atoms with Crippen molar-refractivity contribution >= 4 is 11.6 Å². The van der Waals surface area contributed by atoms with E-state index in [1.54, 1.807) is 12.3 Å². The number of ether oxygens (including phenoxy) is 2. The monoisotopic (exact) mass is 437 g/mol. The van der Waals surface area contributed by atoms with Gasteiger partial charge in [-0.05, 0) is 48.6 Å². The number of amides is 1. The number of hydrogen-bond donors (Lipinski definition) is 0. The maximum absolute atomic E-state index is 14.1. The standard InChI is InChI=1S/C25H28FN3O3/c26-22-3-1-2-21(15-22)25(6-11-31-12-7-25)24(30)29-10-13-32-18-20(17-29)14-19-4-5-23-27-8-9-28(23)16-19/h1-5,8-9,15-16,20H,6-7,10-14,17-18H2/t20-/m0/s1. The zero-order chi connectivity index (χ0) is 22.0. The fourth-order valence-corrected chi connectivity index (χ4v) is 5.04. The molecule has 5 rings (SSSR count). The number of pyridine rings is 1. The molecule has 6 nitrogen and oxygen atoms in total. The number of aromatic nitrogens is 2. The first kappa shape index (κ1) is 21.1. The van der Waals surface area contributed by atoms with Crippen LogP contribution in [0.15, 0.2) is 55.0 Å². The van der Waals surface area contributed by atoms with Crippen molar-refractivity contribution in [2.45, 2.75) is 24.7 Å². The minimum absolute atomic E-state index is 0.0620. The Morgan fingerprint density at radius 1 is 1.16 bits per heavy atom. The summed E-state index contributed by atoms with van der Waals surface area (Å²) < 4.78 is 27.5. The molecule has 0 aliphatic carbocycles. The molecule has 0 unspecified atom stereocenters. The molecule has 0 N–H and O–H groups in total. The minimum Gasteiger partial charge on any atom is -0.381 e. The van der Waals surface area contributed by atoms with Crippen LogP contribution in [0, 0.1) is 11.7 Å². The van der Waals surface area contributed by atoms with Crippen LogP contribution in [-0.2, 0) is 26.1 Å². The van der Waals surface area contributed by atoms with Gasteiger partial charge >= 0.3 is 0 Å². The molecule has 2 aliphatic heterocycles. The summed E-state index contributed by atoms with van der Waals surface area (Å²) >= 11 is 0. The van der Waals surface area contributed by atoms with E-state index < -0.39 is 5.41 Å². The quantitative estimate of drug-likeness (QED) is 0.629. The van der Waals surface area contributed by atoms with Crippen molar-refractivity contribution in [3.05, 3.63) is 71.9 Å². The first-order chi connectivity index (χ1) is 15.6. The second-order valence-corrected chi connectivity index (χ2v) is 8.83. The Bertz CT molecular complexity index is 1090. The number of benzene rings is 1. The first-order valence-electron chi connectivity index (χ1n) is 11.3. The highest BCUT2D eigenvalue weighted by Crippen LogP contribution is 2.37. The minimum atomic E-state index is -0.745. The Morgan fingerprint density at radius 2 is 2.03 bits per heavy atom. The molecule has 1 amide bonds. The SMILES string of the molecule is O=C(N1CCOC[C@@H](Cc2ccc3nccn3c2)C1)C1(c2cccc(F)c2)CCOCC1. The topological polar surface area (TPSA) is 56.1 Å². The molecule has 2 aromatic heterocycles. The third kappa shape index (κ3) is 4.14. The van der Waals surface area contributed by atoms with Gasteiger partial charge in [0.1, 0.15) is 11.5 Å². The highest BCUT2D eigenvalue weighted by molar-refractivity contribution is 5.88. The third-order valence-corrected chi connectivity index (χ3v) is 6.73. The van der Waals surface area contributed by atoms with Gasteiger partial charge in [0.15, 0.2) is 0 Å². The van der Waals surface area contributed by atoms with Gasteiger partial charge in [0, 0.05) is 50.8 Å². The summed E-state index contributed by atoms with van der Waals surface area (Å²) in [5, 5.41) is 0. The van der Waals surface area contributed by atoms with Crippen molar-refractivity contribution in [3.8, 4) is 0 Å². The molecular formula is C25H28FN3O3. The van der Waals surface area contributed by atoms with Gasteiger partial charge in [0.05, 0.1) is 18.6 Å². The van der Waals surface area contributed by atoms with E-state index >= 15 is 0 Å². The maximum atomic E-state index is 14.1. The van der Waals surface area contributed by atoms with Gasteiger partial charge in [-0.25, -0.2) is 9.37 Å². The third-order valence-electron chi connectivity index (χ3n) is 6.73. The molecule has 1 atom stereocenters. The summed E-state index contributed by atoms with van der Waals surface area (Å²) in [6.45, 7) is 3.30. The van der Waals surface area contributed by atoms with E-state index in [4.69, 9.17) is 9.47 Å². The molecule has 2 aliphatic rings. The van der Waals surface area contributed by atoms with Crippen LogP contribution in [0.1, 0.15) is 24.0 Å². The van der Waals surface area contributed by atoms with E-state index in [0.29, 0.717) is 52.4 Å². The maximum Gasteiger partial charge on any atom is 0.233 e. The predicted octanol–water partition coefficient (Wildman–Crippen LogP) is 3.24. The molecule has 1 aromatic carbocycles. The van der Waals surface area contributed by atoms with E-state index in [1.165, 1.54) is 17.7 Å². The van der Waals surface area contributed by atoms with Crippen molar-refractivity contribution in [3.63, 3.8) is 0 Å². The van der Waals surface area contributed by atoms with Gasteiger partial charge in [-0.3, -0.25) is 4.79 Å². The van der Waals surface area contributed by atoms with Crippen LogP contribution in [0.2, 0.25) is 0 Å². The summed E-state index contributed by atoms with van der Waals surface area (Å²) in [6, 6.07) is 10.6. The molecule has 0 radical (unpaired) electrons. The normalized spacial score (nSPS) is 21.4. The van der Waals surface area contributed by atoms with Crippen LogP contribution >= 0.6 is 0 Å². The number of hydrogen-bond acceptors (Lipinski definition) is 4. The van der Waals surface area contributed by atoms with Crippen molar-refractivity contribution in [1.82, 2.24) is 14.3 Å². The smallest absolute Gasteiger partial charge is 0.233 e. The lowest BCUT2D eigenvalue weighted by Crippen LogP contribution is -2.51. The molecule has 3 aromatic rings. The Kier molecular flexibility index (Phi) is 5.93. The average Bonchev–Trinajstić information content (AvgIpc) is 3.16. The number of halogens is 1. The van der Waals surface area contributed by atoms with Crippen molar-refractivity contribution in [1.29, 1.82) is 0 Å². The molecule has 7 heteroatoms. The highest BCUT2D eigenvalue weighted by Gasteiger charge is 2.44. The van der Waals surface area contributed by atoms with E-state index in [0.717, 1.165) is 17.6 Å². The highest BCUT2D eigenvalue weighted by atomic mass is 19.1. The lowest BCUT2D eigenvalue weighted by molar-refractivity contribution is -0.141. The lowest BCUT2D eigenvalue weighted by Gasteiger charge is -2.40. The molecule has 0 bridgehead atoms. The number of rotatable bonds is 4. The summed E-state index contributed by atoms with van der Waals surface area (Å²) in [5.74, 6) is -0.0630. The number of fused-ring (bicyclic) bond motifs is 1. The van der Waals surface area contributed by atoms with Gasteiger partial charge in [0.25, 0.3) is 0 Å². The molecule has 4 heterocycles. The molecular weight excluding hydrogens is 409 g/mol. The lowest BCUT2D eigenvalue weighted by atomic mass is 9.72. The van der Waals surface area contributed by atoms with Gasteiger partial charge in [-0.1, -0.05) is 18.2 Å². The number of nitrogens with zero attached hydrogens (tertiary/aromatic N) is 3. The molecule has 2 saturated heterocycles. The van der Waals surface area contributed by atoms with Crippen molar-refractivity contribution in [2.24, 2.45) is 5.92 Å². The van der Waals surface area contributed by atoms with E-state index in [-0.39, 0.29) is 17.6 Å². The van der Waals surface area contributed by atoms with Crippen molar-refractivity contribution in [2.75, 3.05) is 39.5 Å². The van der Waals surface area contributed by atoms with Gasteiger partial charge in [0.2, 0.25) is 5.91 Å². The molecule has 168 valence electrons. The predicted molar refractivity (Wildman–Crippen MR) is 118 cm³/mol. The summed E-state index contributed by atoms with van der Waals surface area (Å²) in [5.41, 5.74) is 2.10. The number of carbonyl (C=O) groups is 1. The van der Waals surface area contributed by atoms with E-state index in [9.17, 15) is 9.18 Å². The van der Waals surface area contributed by atoms with Crippen LogP contribution in [0.25, 0.3) is 5.65 Å². The van der Waals surface area contributed by atoms with Crippen LogP contribution in [0.3, 0.4) is 0 Å². The largest absolute Gasteiger partial charge is 0.381 e. The Hall–Kier alpha value is -2.77. The molecule has 0 spiro atoms. The number of imidazole rings is 1. The Labute approximate surface area is 187 Å². The Balaban J connectivity index is 1.38. The van der Waals surface area contributed by atoms with Crippen molar-refractivity contribution < 1.29 is 18.7 Å². The zero-order valence-electron chi connectivity index (χ0n) is 18.1. The number of carbonyl (C=O) groups excluding carboxylic acids is 1. The van der Waals surface area contributed by atoms with Gasteiger partial charge < -0.3 is 18.8 Å².